The maximum Gasteiger partial charge on any atom is 0.126 e. The molecule has 0 spiro atoms. The summed E-state index contributed by atoms with van der Waals surface area (Å²) >= 11 is 0. The average Bonchev–Trinajstić information content (AvgIpc) is 2.14. The van der Waals surface area contributed by atoms with Gasteiger partial charge in [-0.15, -0.1) is 0 Å². The van der Waals surface area contributed by atoms with Gasteiger partial charge in [-0.1, -0.05) is 6.92 Å². The molecule has 0 aliphatic heterocycles. The first-order valence-electron chi connectivity index (χ1n) is 5.36. The van der Waals surface area contributed by atoms with Crippen LogP contribution < -0.4 is 5.73 Å². The van der Waals surface area contributed by atoms with Crippen LogP contribution in [0.1, 0.15) is 12.5 Å². The number of nitrogens with zero attached hydrogens (tertiary/aromatic N) is 1. The van der Waals surface area contributed by atoms with Crippen molar-refractivity contribution in [1.29, 1.82) is 5.41 Å². The zero-order chi connectivity index (χ0) is 13.0. The van der Waals surface area contributed by atoms with Crippen LogP contribution in [0.15, 0.2) is 18.2 Å². The van der Waals surface area contributed by atoms with E-state index < -0.39 is 11.6 Å². The van der Waals surface area contributed by atoms with Gasteiger partial charge < -0.3 is 10.6 Å². The second-order valence-electron chi connectivity index (χ2n) is 4.33. The van der Waals surface area contributed by atoms with Gasteiger partial charge in [0.25, 0.3) is 0 Å². The van der Waals surface area contributed by atoms with Crippen LogP contribution in [-0.4, -0.2) is 24.3 Å². The fraction of sp³-hybridized carbons (Fsp3) is 0.417. The fourth-order valence-corrected chi connectivity index (χ4v) is 1.64. The molecule has 3 N–H and O–H groups in total. The third-order valence-electron chi connectivity index (χ3n) is 2.49. The summed E-state index contributed by atoms with van der Waals surface area (Å²) in [5.74, 6) is -1.11. The summed E-state index contributed by atoms with van der Waals surface area (Å²) in [4.78, 5) is 1.88. The summed E-state index contributed by atoms with van der Waals surface area (Å²) in [7, 11) is 1.82. The molecule has 0 saturated heterocycles. The van der Waals surface area contributed by atoms with Gasteiger partial charge in [0.05, 0.1) is 5.84 Å². The van der Waals surface area contributed by atoms with Gasteiger partial charge in [-0.3, -0.25) is 5.41 Å². The molecule has 1 aromatic carbocycles. The standard InChI is InChI=1S/C12H17F2N3/c1-8(12(15)16)6-17(2)7-9-3-10(13)5-11(14)4-9/h3-5,8H,6-7H2,1-2H3,(H3,15,16). The molecule has 0 fully saturated rings. The highest BCUT2D eigenvalue weighted by atomic mass is 19.1. The number of hydrogen-bond acceptors (Lipinski definition) is 2. The summed E-state index contributed by atoms with van der Waals surface area (Å²) < 4.78 is 25.9. The Morgan fingerprint density at radius 1 is 1.35 bits per heavy atom. The van der Waals surface area contributed by atoms with Crippen LogP contribution in [0.4, 0.5) is 8.78 Å². The van der Waals surface area contributed by atoms with Crippen molar-refractivity contribution < 1.29 is 8.78 Å². The molecule has 3 nitrogen and oxygen atoms in total. The predicted molar refractivity (Wildman–Crippen MR) is 63.8 cm³/mol. The first kappa shape index (κ1) is 13.6. The van der Waals surface area contributed by atoms with Gasteiger partial charge in [-0.25, -0.2) is 8.78 Å². The predicted octanol–water partition coefficient (Wildman–Crippen LogP) is 1.97. The van der Waals surface area contributed by atoms with Gasteiger partial charge >= 0.3 is 0 Å². The average molecular weight is 241 g/mol. The van der Waals surface area contributed by atoms with E-state index in [4.69, 9.17) is 11.1 Å². The van der Waals surface area contributed by atoms with Crippen molar-refractivity contribution in [2.45, 2.75) is 13.5 Å². The molecule has 17 heavy (non-hydrogen) atoms. The van der Waals surface area contributed by atoms with Gasteiger partial charge in [-0.2, -0.15) is 0 Å². The molecule has 5 heteroatoms. The number of halogens is 2. The monoisotopic (exact) mass is 241 g/mol. The molecular formula is C12H17F2N3. The van der Waals surface area contributed by atoms with Crippen LogP contribution in [0.25, 0.3) is 0 Å². The summed E-state index contributed by atoms with van der Waals surface area (Å²) in [6, 6.07) is 3.46. The van der Waals surface area contributed by atoms with Crippen molar-refractivity contribution in [2.24, 2.45) is 11.7 Å². The summed E-state index contributed by atoms with van der Waals surface area (Å²) in [5.41, 5.74) is 5.93. The zero-order valence-electron chi connectivity index (χ0n) is 10.0. The summed E-state index contributed by atoms with van der Waals surface area (Å²) in [5, 5.41) is 7.27. The van der Waals surface area contributed by atoms with Crippen LogP contribution in [0, 0.1) is 23.0 Å². The summed E-state index contributed by atoms with van der Waals surface area (Å²) in [6.07, 6.45) is 0. The highest BCUT2D eigenvalue weighted by Crippen LogP contribution is 2.10. The summed E-state index contributed by atoms with van der Waals surface area (Å²) in [6.45, 7) is 2.84. The minimum atomic E-state index is -0.576. The molecule has 0 aliphatic carbocycles. The van der Waals surface area contributed by atoms with Gasteiger partial charge in [0, 0.05) is 25.1 Å². The number of nitrogens with two attached hydrogens (primary N) is 1. The SMILES string of the molecule is CC(CN(C)Cc1cc(F)cc(F)c1)C(=N)N. The maximum absolute atomic E-state index is 13.0. The Kier molecular flexibility index (Phi) is 4.57. The molecule has 1 atom stereocenters. The molecule has 0 aromatic heterocycles. The van der Waals surface area contributed by atoms with Crippen molar-refractivity contribution in [2.75, 3.05) is 13.6 Å². The topological polar surface area (TPSA) is 53.1 Å². The van der Waals surface area contributed by atoms with E-state index in [1.54, 1.807) is 0 Å². The van der Waals surface area contributed by atoms with Crippen LogP contribution >= 0.6 is 0 Å². The van der Waals surface area contributed by atoms with Gasteiger partial charge in [0.15, 0.2) is 0 Å². The lowest BCUT2D eigenvalue weighted by molar-refractivity contribution is 0.305. The molecule has 0 aliphatic rings. The number of nitrogens with one attached hydrogen (secondary N) is 1. The van der Waals surface area contributed by atoms with E-state index >= 15 is 0 Å². The Hall–Kier alpha value is -1.49. The number of hydrogen-bond donors (Lipinski definition) is 2. The Labute approximate surface area is 99.7 Å². The Bertz CT molecular complexity index is 386. The zero-order valence-corrected chi connectivity index (χ0v) is 10.0. The molecule has 0 heterocycles. The molecule has 1 rings (SSSR count). The van der Waals surface area contributed by atoms with E-state index in [0.29, 0.717) is 18.7 Å². The Morgan fingerprint density at radius 3 is 2.35 bits per heavy atom. The fourth-order valence-electron chi connectivity index (χ4n) is 1.64. The second-order valence-corrected chi connectivity index (χ2v) is 4.33. The molecule has 94 valence electrons. The molecule has 1 aromatic rings. The van der Waals surface area contributed by atoms with Crippen molar-refractivity contribution in [3.05, 3.63) is 35.4 Å². The third kappa shape index (κ3) is 4.48. The smallest absolute Gasteiger partial charge is 0.126 e. The van der Waals surface area contributed by atoms with Crippen molar-refractivity contribution in [1.82, 2.24) is 4.90 Å². The lowest BCUT2D eigenvalue weighted by atomic mass is 10.1. The highest BCUT2D eigenvalue weighted by Gasteiger charge is 2.10. The Balaban J connectivity index is 2.61. The number of benzene rings is 1. The van der Waals surface area contributed by atoms with E-state index in [1.165, 1.54) is 12.1 Å². The van der Waals surface area contributed by atoms with E-state index in [-0.39, 0.29) is 11.8 Å². The lowest BCUT2D eigenvalue weighted by Crippen LogP contribution is -2.31. The van der Waals surface area contributed by atoms with E-state index in [9.17, 15) is 8.78 Å². The Morgan fingerprint density at radius 2 is 1.88 bits per heavy atom. The van der Waals surface area contributed by atoms with Gasteiger partial charge in [-0.05, 0) is 24.7 Å². The van der Waals surface area contributed by atoms with Crippen LogP contribution in [0.2, 0.25) is 0 Å². The minimum absolute atomic E-state index is 0.0709. The highest BCUT2D eigenvalue weighted by molar-refractivity contribution is 5.79. The maximum atomic E-state index is 13.0. The molecular weight excluding hydrogens is 224 g/mol. The third-order valence-corrected chi connectivity index (χ3v) is 2.49. The van der Waals surface area contributed by atoms with Crippen molar-refractivity contribution >= 4 is 5.84 Å². The normalized spacial score (nSPS) is 12.8. The molecule has 0 saturated carbocycles. The van der Waals surface area contributed by atoms with Crippen LogP contribution in [-0.2, 0) is 6.54 Å². The molecule has 0 amide bonds. The van der Waals surface area contributed by atoms with Gasteiger partial charge in [0.2, 0.25) is 0 Å². The molecule has 1 unspecified atom stereocenters. The number of rotatable bonds is 5. The lowest BCUT2D eigenvalue weighted by Gasteiger charge is -2.20. The van der Waals surface area contributed by atoms with E-state index in [1.807, 2.05) is 18.9 Å². The van der Waals surface area contributed by atoms with Gasteiger partial charge in [0.1, 0.15) is 11.6 Å². The first-order valence-corrected chi connectivity index (χ1v) is 5.36. The van der Waals surface area contributed by atoms with Crippen molar-refractivity contribution in [3.63, 3.8) is 0 Å². The van der Waals surface area contributed by atoms with Crippen molar-refractivity contribution in [3.8, 4) is 0 Å². The minimum Gasteiger partial charge on any atom is -0.387 e. The number of amidine groups is 1. The molecule has 0 bridgehead atoms. The van der Waals surface area contributed by atoms with Crippen LogP contribution in [0.5, 0.6) is 0 Å². The van der Waals surface area contributed by atoms with E-state index in [2.05, 4.69) is 0 Å². The van der Waals surface area contributed by atoms with E-state index in [0.717, 1.165) is 6.07 Å². The molecule has 0 radical (unpaired) electrons. The van der Waals surface area contributed by atoms with Crippen LogP contribution in [0.3, 0.4) is 0 Å². The quantitative estimate of drug-likeness (QED) is 0.611. The first-order chi connectivity index (χ1) is 7.88. The second kappa shape index (κ2) is 5.72. The largest absolute Gasteiger partial charge is 0.387 e.